The van der Waals surface area contributed by atoms with Gasteiger partial charge in [0.1, 0.15) is 22.7 Å². The third-order valence-electron chi connectivity index (χ3n) is 12.9. The molecule has 0 bridgehead atoms. The first-order valence-corrected chi connectivity index (χ1v) is 23.3. The molecule has 4 heterocycles. The van der Waals surface area contributed by atoms with Crippen molar-refractivity contribution in [2.75, 3.05) is 4.90 Å². The third-order valence-corrected chi connectivity index (χ3v) is 18.9. The topological polar surface area (TPSA) is 25.6 Å². The van der Waals surface area contributed by atoms with Crippen LogP contribution in [0.15, 0.2) is 220 Å². The van der Waals surface area contributed by atoms with Gasteiger partial charge in [0.05, 0.1) is 0 Å². The lowest BCUT2D eigenvalue weighted by Crippen LogP contribution is -2.77. The van der Waals surface area contributed by atoms with Gasteiger partial charge in [0.2, 0.25) is 0 Å². The highest BCUT2D eigenvalue weighted by Crippen LogP contribution is 2.43. The highest BCUT2D eigenvalue weighted by molar-refractivity contribution is 8.00. The molecule has 0 aliphatic carbocycles. The fourth-order valence-electron chi connectivity index (χ4n) is 10.3. The number of anilines is 3. The molecule has 9 aromatic carbocycles. The third kappa shape index (κ3) is 4.80. The number of rotatable bonds is 4. The standard InChI is InChI=1S/C54H34BNO2SSi/c1-3-14-38(15-4-1)60(39-16-5-2-6-17-39)52-25-12-9-20-44(52)56(45-29-26-36(33-53(45)60)35-27-30-47-41(32-35)40-18-7-10-21-46(40)57-47)37-28-31-50-43(34-37)55-42-19-8-11-22-48(42)58-49-23-13-24-51(59-50)54(49)55/h1-34H. The first-order valence-electron chi connectivity index (χ1n) is 20.5. The lowest BCUT2D eigenvalue weighted by Gasteiger charge is -2.45. The van der Waals surface area contributed by atoms with Gasteiger partial charge in [0.15, 0.2) is 8.07 Å². The van der Waals surface area contributed by atoms with Gasteiger partial charge in [0.25, 0.3) is 6.71 Å². The van der Waals surface area contributed by atoms with Crippen LogP contribution >= 0.6 is 11.8 Å². The Morgan fingerprint density at radius 1 is 0.450 bits per heavy atom. The first kappa shape index (κ1) is 33.9. The maximum Gasteiger partial charge on any atom is 0.253 e. The Kier molecular flexibility index (Phi) is 7.36. The van der Waals surface area contributed by atoms with Crippen LogP contribution in [0, 0.1) is 0 Å². The lowest BCUT2D eigenvalue weighted by molar-refractivity contribution is 0.486. The molecule has 10 aromatic rings. The normalized spacial score (nSPS) is 14.1. The Morgan fingerprint density at radius 2 is 1.13 bits per heavy atom. The summed E-state index contributed by atoms with van der Waals surface area (Å²) in [6.07, 6.45) is 0. The van der Waals surface area contributed by atoms with Gasteiger partial charge in [-0.1, -0.05) is 157 Å². The van der Waals surface area contributed by atoms with E-state index in [-0.39, 0.29) is 6.71 Å². The highest BCUT2D eigenvalue weighted by atomic mass is 32.2. The first-order chi connectivity index (χ1) is 29.7. The molecule has 0 amide bonds. The minimum atomic E-state index is -2.92. The second-order valence-corrected chi connectivity index (χ2v) is 20.8. The lowest BCUT2D eigenvalue weighted by atomic mass is 9.35. The highest BCUT2D eigenvalue weighted by Gasteiger charge is 2.49. The second-order valence-electron chi connectivity index (χ2n) is 15.9. The van der Waals surface area contributed by atoms with Gasteiger partial charge < -0.3 is 14.1 Å². The van der Waals surface area contributed by atoms with Crippen molar-refractivity contribution in [1.82, 2.24) is 0 Å². The van der Waals surface area contributed by atoms with Crippen LogP contribution in [0.4, 0.5) is 17.1 Å². The maximum atomic E-state index is 6.55. The van der Waals surface area contributed by atoms with Crippen LogP contribution in [0.25, 0.3) is 33.1 Å². The molecular weight excluding hydrogens is 766 g/mol. The Morgan fingerprint density at radius 3 is 2.00 bits per heavy atom. The molecule has 0 spiro atoms. The van der Waals surface area contributed by atoms with Gasteiger partial charge in [-0.25, -0.2) is 0 Å². The zero-order valence-corrected chi connectivity index (χ0v) is 34.2. The van der Waals surface area contributed by atoms with E-state index in [2.05, 4.69) is 205 Å². The van der Waals surface area contributed by atoms with Crippen LogP contribution in [-0.4, -0.2) is 14.8 Å². The fraction of sp³-hybridized carbons (Fsp3) is 0. The van der Waals surface area contributed by atoms with Crippen LogP contribution in [0.3, 0.4) is 0 Å². The molecule has 280 valence electrons. The molecule has 6 heteroatoms. The van der Waals surface area contributed by atoms with Crippen molar-refractivity contribution in [1.29, 1.82) is 0 Å². The zero-order chi connectivity index (χ0) is 39.4. The van der Waals surface area contributed by atoms with Crippen LogP contribution in [0.5, 0.6) is 11.5 Å². The molecule has 0 saturated heterocycles. The summed E-state index contributed by atoms with van der Waals surface area (Å²) >= 11 is 1.85. The van der Waals surface area contributed by atoms with Crippen molar-refractivity contribution in [2.24, 2.45) is 0 Å². The molecule has 3 nitrogen and oxygen atoms in total. The number of hydrogen-bond acceptors (Lipinski definition) is 4. The molecule has 0 saturated carbocycles. The Balaban J connectivity index is 1.08. The number of fused-ring (bicyclic) bond motifs is 9. The Hall–Kier alpha value is -6.99. The number of furan rings is 1. The molecule has 0 fully saturated rings. The molecule has 0 N–H and O–H groups in total. The molecule has 3 aliphatic rings. The molecule has 0 atom stereocenters. The number of benzene rings is 9. The van der Waals surface area contributed by atoms with E-state index in [9.17, 15) is 0 Å². The van der Waals surface area contributed by atoms with E-state index in [4.69, 9.17) is 9.15 Å². The van der Waals surface area contributed by atoms with Crippen molar-refractivity contribution in [3.05, 3.63) is 206 Å². The van der Waals surface area contributed by atoms with E-state index in [0.717, 1.165) is 39.1 Å². The average Bonchev–Trinajstić information content (AvgIpc) is 3.69. The summed E-state index contributed by atoms with van der Waals surface area (Å²) in [7, 11) is -2.92. The van der Waals surface area contributed by atoms with Crippen molar-refractivity contribution >= 4 is 103 Å². The molecule has 1 aromatic heterocycles. The number of hydrogen-bond donors (Lipinski definition) is 0. The van der Waals surface area contributed by atoms with Gasteiger partial charge in [-0.2, -0.15) is 0 Å². The largest absolute Gasteiger partial charge is 0.458 e. The van der Waals surface area contributed by atoms with Crippen LogP contribution in [-0.2, 0) is 0 Å². The number of nitrogens with zero attached hydrogens (tertiary/aromatic N) is 1. The van der Waals surface area contributed by atoms with Crippen molar-refractivity contribution in [3.63, 3.8) is 0 Å². The molecule has 0 unspecified atom stereocenters. The van der Waals surface area contributed by atoms with Gasteiger partial charge in [0, 0.05) is 37.6 Å². The number of ether oxygens (including phenoxy) is 1. The quantitative estimate of drug-likeness (QED) is 0.166. The van der Waals surface area contributed by atoms with E-state index in [1.807, 2.05) is 17.8 Å². The molecule has 13 rings (SSSR count). The van der Waals surface area contributed by atoms with Gasteiger partial charge in [-0.3, -0.25) is 0 Å². The molecule has 60 heavy (non-hydrogen) atoms. The summed E-state index contributed by atoms with van der Waals surface area (Å²) < 4.78 is 12.8. The Labute approximate surface area is 353 Å². The van der Waals surface area contributed by atoms with Crippen molar-refractivity contribution < 1.29 is 9.15 Å². The minimum Gasteiger partial charge on any atom is -0.458 e. The Bertz CT molecular complexity index is 3310. The van der Waals surface area contributed by atoms with Gasteiger partial charge in [-0.05, 0) is 110 Å². The summed E-state index contributed by atoms with van der Waals surface area (Å²) in [4.78, 5) is 5.08. The summed E-state index contributed by atoms with van der Waals surface area (Å²) in [5.41, 5.74) is 11.5. The smallest absolute Gasteiger partial charge is 0.253 e. The molecule has 0 radical (unpaired) electrons. The summed E-state index contributed by atoms with van der Waals surface area (Å²) in [5, 5.41) is 7.74. The predicted molar refractivity (Wildman–Crippen MR) is 253 cm³/mol. The summed E-state index contributed by atoms with van der Waals surface area (Å²) in [6, 6.07) is 76.1. The van der Waals surface area contributed by atoms with E-state index in [1.54, 1.807) is 0 Å². The predicted octanol–water partition coefficient (Wildman–Crippen LogP) is 9.50. The zero-order valence-electron chi connectivity index (χ0n) is 32.4. The van der Waals surface area contributed by atoms with Crippen molar-refractivity contribution in [3.8, 4) is 22.6 Å². The SMILES string of the molecule is c1ccc([Si]2(c3ccccc3)c3ccccc3N(c3ccc4c(c3)B3c5ccccc5Oc5cccc(c53)S4)c3ccc(-c4ccc5oc6ccccc6c5c4)cc32)cc1. The monoisotopic (exact) mass is 799 g/mol. The van der Waals surface area contributed by atoms with Gasteiger partial charge in [-0.15, -0.1) is 0 Å². The molecule has 3 aliphatic heterocycles. The second kappa shape index (κ2) is 13.0. The van der Waals surface area contributed by atoms with E-state index >= 15 is 0 Å². The van der Waals surface area contributed by atoms with Crippen LogP contribution < -0.4 is 46.8 Å². The van der Waals surface area contributed by atoms with Crippen LogP contribution in [0.1, 0.15) is 0 Å². The fourth-order valence-corrected chi connectivity index (χ4v) is 16.6. The summed E-state index contributed by atoms with van der Waals surface area (Å²) in [6.45, 7) is 0.0650. The van der Waals surface area contributed by atoms with Gasteiger partial charge >= 0.3 is 0 Å². The van der Waals surface area contributed by atoms with E-state index < -0.39 is 8.07 Å². The molecular formula is C54H34BNO2SSi. The summed E-state index contributed by atoms with van der Waals surface area (Å²) in [5.74, 6) is 1.88. The number of para-hydroxylation sites is 3. The average molecular weight is 800 g/mol. The van der Waals surface area contributed by atoms with E-state index in [1.165, 1.54) is 69.4 Å². The maximum absolute atomic E-state index is 6.55. The van der Waals surface area contributed by atoms with Crippen LogP contribution in [0.2, 0.25) is 0 Å². The van der Waals surface area contributed by atoms with E-state index in [0.29, 0.717) is 0 Å². The van der Waals surface area contributed by atoms with Crippen molar-refractivity contribution in [2.45, 2.75) is 9.79 Å². The minimum absolute atomic E-state index is 0.0650.